The highest BCUT2D eigenvalue weighted by molar-refractivity contribution is 9.10. The van der Waals surface area contributed by atoms with Crippen LogP contribution in [0.2, 0.25) is 0 Å². The average molecular weight is 342 g/mol. The zero-order valence-electron chi connectivity index (χ0n) is 9.60. The third kappa shape index (κ3) is 3.32. The molecule has 3 rings (SSSR count). The molecule has 1 heterocycles. The zero-order chi connectivity index (χ0) is 12.4. The zero-order valence-corrected chi connectivity index (χ0v) is 12.8. The minimum absolute atomic E-state index is 0.743. The molecule has 1 N–H and O–H groups in total. The fourth-order valence-electron chi connectivity index (χ4n) is 1.58. The predicted octanol–water partition coefficient (Wildman–Crippen LogP) is 3.70. The van der Waals surface area contributed by atoms with E-state index in [0.717, 1.165) is 21.4 Å². The van der Waals surface area contributed by atoms with E-state index in [4.69, 9.17) is 0 Å². The third-order valence-corrected chi connectivity index (χ3v) is 5.23. The topological polar surface area (TPSA) is 37.8 Å². The number of halogens is 1. The Morgan fingerprint density at radius 1 is 1.44 bits per heavy atom. The van der Waals surface area contributed by atoms with E-state index in [1.54, 1.807) is 28.6 Å². The van der Waals surface area contributed by atoms with Crippen molar-refractivity contribution in [2.24, 2.45) is 0 Å². The van der Waals surface area contributed by atoms with Crippen LogP contribution in [0.4, 0.5) is 0 Å². The van der Waals surface area contributed by atoms with Crippen LogP contribution in [0.3, 0.4) is 0 Å². The van der Waals surface area contributed by atoms with Crippen LogP contribution in [-0.4, -0.2) is 16.2 Å². The van der Waals surface area contributed by atoms with Gasteiger partial charge in [-0.05, 0) is 30.5 Å². The second-order valence-corrected chi connectivity index (χ2v) is 7.22. The predicted molar refractivity (Wildman–Crippen MR) is 78.0 cm³/mol. The lowest BCUT2D eigenvalue weighted by Gasteiger charge is -2.07. The normalized spacial score (nSPS) is 14.9. The second-order valence-electron chi connectivity index (χ2n) is 4.22. The first-order valence-corrected chi connectivity index (χ1v) is 8.26. The maximum absolute atomic E-state index is 4.04. The standard InChI is InChI=1S/C12H12BrN3S2/c13-11-5-10(18-12-16-15-7-17-12)4-1-8(11)6-14-9-2-3-9/h1,4-5,7,9,14H,2-3,6H2. The maximum atomic E-state index is 4.04. The van der Waals surface area contributed by atoms with Crippen molar-refractivity contribution in [1.82, 2.24) is 15.5 Å². The minimum atomic E-state index is 0.743. The first-order valence-electron chi connectivity index (χ1n) is 5.77. The Morgan fingerprint density at radius 3 is 3.00 bits per heavy atom. The molecule has 1 aliphatic rings. The molecule has 6 heteroatoms. The van der Waals surface area contributed by atoms with Crippen molar-refractivity contribution >= 4 is 39.0 Å². The van der Waals surface area contributed by atoms with Crippen LogP contribution in [-0.2, 0) is 6.54 Å². The van der Waals surface area contributed by atoms with Gasteiger partial charge in [-0.3, -0.25) is 0 Å². The summed E-state index contributed by atoms with van der Waals surface area (Å²) in [4.78, 5) is 1.19. The van der Waals surface area contributed by atoms with Crippen molar-refractivity contribution in [2.45, 2.75) is 34.7 Å². The maximum Gasteiger partial charge on any atom is 0.178 e. The third-order valence-electron chi connectivity index (χ3n) is 2.73. The Kier molecular flexibility index (Phi) is 3.98. The van der Waals surface area contributed by atoms with E-state index in [-0.39, 0.29) is 0 Å². The highest BCUT2D eigenvalue weighted by Crippen LogP contribution is 2.31. The van der Waals surface area contributed by atoms with Crippen LogP contribution in [0.1, 0.15) is 18.4 Å². The van der Waals surface area contributed by atoms with Gasteiger partial charge in [-0.1, -0.05) is 45.1 Å². The van der Waals surface area contributed by atoms with E-state index in [1.807, 2.05) is 0 Å². The molecule has 0 bridgehead atoms. The molecule has 0 aliphatic heterocycles. The lowest BCUT2D eigenvalue weighted by Crippen LogP contribution is -2.15. The average Bonchev–Trinajstić information content (AvgIpc) is 3.05. The fraction of sp³-hybridized carbons (Fsp3) is 0.333. The lowest BCUT2D eigenvalue weighted by atomic mass is 10.2. The number of hydrogen-bond acceptors (Lipinski definition) is 5. The Balaban J connectivity index is 1.67. The molecule has 18 heavy (non-hydrogen) atoms. The summed E-state index contributed by atoms with van der Waals surface area (Å²) in [6.07, 6.45) is 2.64. The van der Waals surface area contributed by atoms with Crippen molar-refractivity contribution < 1.29 is 0 Å². The summed E-state index contributed by atoms with van der Waals surface area (Å²) in [5.41, 5.74) is 3.06. The number of nitrogens with zero attached hydrogens (tertiary/aromatic N) is 2. The van der Waals surface area contributed by atoms with Crippen LogP contribution in [0.15, 0.2) is 37.4 Å². The number of hydrogen-bond donors (Lipinski definition) is 1. The second kappa shape index (κ2) is 5.69. The van der Waals surface area contributed by atoms with Gasteiger partial charge in [0.1, 0.15) is 5.51 Å². The lowest BCUT2D eigenvalue weighted by molar-refractivity contribution is 0.685. The number of benzene rings is 1. The van der Waals surface area contributed by atoms with Gasteiger partial charge in [-0.15, -0.1) is 10.2 Å². The first-order chi connectivity index (χ1) is 8.81. The molecule has 1 aromatic heterocycles. The molecular formula is C12H12BrN3S2. The van der Waals surface area contributed by atoms with E-state index in [1.165, 1.54) is 23.3 Å². The molecule has 0 saturated heterocycles. The van der Waals surface area contributed by atoms with Gasteiger partial charge in [0.25, 0.3) is 0 Å². The van der Waals surface area contributed by atoms with Crippen molar-refractivity contribution in [2.75, 3.05) is 0 Å². The Labute approximate surface area is 123 Å². The monoisotopic (exact) mass is 341 g/mol. The summed E-state index contributed by atoms with van der Waals surface area (Å²) in [5, 5.41) is 11.4. The van der Waals surface area contributed by atoms with E-state index in [2.05, 4.69) is 49.6 Å². The Bertz CT molecular complexity index is 526. The van der Waals surface area contributed by atoms with Crippen LogP contribution in [0.25, 0.3) is 0 Å². The molecule has 2 aromatic rings. The van der Waals surface area contributed by atoms with Crippen molar-refractivity contribution in [3.05, 3.63) is 33.7 Å². The van der Waals surface area contributed by atoms with E-state index >= 15 is 0 Å². The molecule has 1 saturated carbocycles. The molecule has 0 radical (unpaired) electrons. The molecule has 3 nitrogen and oxygen atoms in total. The van der Waals surface area contributed by atoms with E-state index in [0.29, 0.717) is 0 Å². The van der Waals surface area contributed by atoms with Gasteiger partial charge in [-0.25, -0.2) is 0 Å². The molecule has 0 unspecified atom stereocenters. The molecule has 0 amide bonds. The van der Waals surface area contributed by atoms with Gasteiger partial charge >= 0.3 is 0 Å². The highest BCUT2D eigenvalue weighted by Gasteiger charge is 2.20. The molecule has 1 aromatic carbocycles. The summed E-state index contributed by atoms with van der Waals surface area (Å²) >= 11 is 6.85. The molecule has 0 spiro atoms. The minimum Gasteiger partial charge on any atom is -0.310 e. The summed E-state index contributed by atoms with van der Waals surface area (Å²) < 4.78 is 2.14. The summed E-state index contributed by atoms with van der Waals surface area (Å²) in [5.74, 6) is 0. The number of nitrogens with one attached hydrogen (secondary N) is 1. The first kappa shape index (κ1) is 12.6. The van der Waals surface area contributed by atoms with Crippen LogP contribution in [0.5, 0.6) is 0 Å². The van der Waals surface area contributed by atoms with Crippen LogP contribution >= 0.6 is 39.0 Å². The van der Waals surface area contributed by atoms with Crippen molar-refractivity contribution in [1.29, 1.82) is 0 Å². The van der Waals surface area contributed by atoms with Gasteiger partial charge < -0.3 is 5.32 Å². The molecule has 94 valence electrons. The molecule has 0 atom stereocenters. The number of aromatic nitrogens is 2. The Hall–Kier alpha value is -0.430. The Morgan fingerprint density at radius 2 is 2.33 bits per heavy atom. The summed E-state index contributed by atoms with van der Waals surface area (Å²) in [6.45, 7) is 0.939. The highest BCUT2D eigenvalue weighted by atomic mass is 79.9. The molecule has 1 fully saturated rings. The van der Waals surface area contributed by atoms with Crippen LogP contribution in [0, 0.1) is 0 Å². The van der Waals surface area contributed by atoms with Gasteiger partial charge in [0, 0.05) is 22.0 Å². The van der Waals surface area contributed by atoms with Gasteiger partial charge in [0.05, 0.1) is 0 Å². The smallest absolute Gasteiger partial charge is 0.178 e. The van der Waals surface area contributed by atoms with Gasteiger partial charge in [0.15, 0.2) is 4.34 Å². The van der Waals surface area contributed by atoms with E-state index in [9.17, 15) is 0 Å². The quantitative estimate of drug-likeness (QED) is 0.899. The van der Waals surface area contributed by atoms with Crippen molar-refractivity contribution in [3.63, 3.8) is 0 Å². The van der Waals surface area contributed by atoms with Gasteiger partial charge in [-0.2, -0.15) is 0 Å². The number of rotatable bonds is 5. The van der Waals surface area contributed by atoms with Crippen molar-refractivity contribution in [3.8, 4) is 0 Å². The summed E-state index contributed by atoms with van der Waals surface area (Å²) in [6, 6.07) is 7.20. The molecule has 1 aliphatic carbocycles. The fourth-order valence-corrected chi connectivity index (χ4v) is 3.75. The van der Waals surface area contributed by atoms with E-state index < -0.39 is 0 Å². The van der Waals surface area contributed by atoms with Gasteiger partial charge in [0.2, 0.25) is 0 Å². The van der Waals surface area contributed by atoms with Crippen LogP contribution < -0.4 is 5.32 Å². The molecular weight excluding hydrogens is 330 g/mol. The summed E-state index contributed by atoms with van der Waals surface area (Å²) in [7, 11) is 0. The largest absolute Gasteiger partial charge is 0.310 e. The SMILES string of the molecule is Brc1cc(Sc2nncs2)ccc1CNC1CC1.